The van der Waals surface area contributed by atoms with Gasteiger partial charge in [0.15, 0.2) is 11.0 Å². The van der Waals surface area contributed by atoms with E-state index in [-0.39, 0.29) is 16.9 Å². The summed E-state index contributed by atoms with van der Waals surface area (Å²) in [5, 5.41) is 6.68. The highest BCUT2D eigenvalue weighted by Crippen LogP contribution is 2.18. The monoisotopic (exact) mass is 283 g/mol. The maximum Gasteiger partial charge on any atom is 0.270 e. The Morgan fingerprint density at radius 2 is 2.22 bits per heavy atom. The first kappa shape index (κ1) is 12.8. The molecule has 0 atom stereocenters. The molecule has 2 rings (SSSR count). The second-order valence-corrected chi connectivity index (χ2v) is 4.56. The van der Waals surface area contributed by atoms with Crippen LogP contribution in [0.4, 0.5) is 5.82 Å². The molecule has 0 aliphatic heterocycles. The van der Waals surface area contributed by atoms with E-state index in [1.807, 2.05) is 6.92 Å². The minimum atomic E-state index is -0.309. The molecule has 0 spiro atoms. The fraction of sp³-hybridized carbons (Fsp3) is 0.300. The van der Waals surface area contributed by atoms with Crippen molar-refractivity contribution in [2.45, 2.75) is 19.8 Å². The predicted octanol–water partition coefficient (Wildman–Crippen LogP) is 2.19. The molecule has 0 unspecified atom stereocenters. The lowest BCUT2D eigenvalue weighted by Crippen LogP contribution is -2.14. The zero-order valence-corrected chi connectivity index (χ0v) is 11.1. The van der Waals surface area contributed by atoms with E-state index in [1.54, 1.807) is 0 Å². The summed E-state index contributed by atoms with van der Waals surface area (Å²) in [5.41, 5.74) is 0.694. The van der Waals surface area contributed by atoms with Crippen LogP contribution in [-0.4, -0.2) is 25.5 Å². The Bertz CT molecular complexity index is 559. The molecule has 1 N–H and O–H groups in total. The average Bonchev–Trinajstić information content (AvgIpc) is 2.81. The summed E-state index contributed by atoms with van der Waals surface area (Å²) in [7, 11) is 0. The Morgan fingerprint density at radius 3 is 2.94 bits per heavy atom. The van der Waals surface area contributed by atoms with Crippen LogP contribution in [-0.2, 0) is 6.42 Å². The maximum atomic E-state index is 12.0. The number of anilines is 1. The summed E-state index contributed by atoms with van der Waals surface area (Å²) in [6, 6.07) is 0. The molecule has 6 nitrogen and oxygen atoms in total. The van der Waals surface area contributed by atoms with Crippen LogP contribution < -0.4 is 5.32 Å². The first-order valence-corrected chi connectivity index (χ1v) is 6.46. The molecule has 2 aromatic rings. The van der Waals surface area contributed by atoms with Gasteiger partial charge in [0.05, 0.1) is 5.69 Å². The highest BCUT2D eigenvalue weighted by molar-refractivity contribution is 7.08. The summed E-state index contributed by atoms with van der Waals surface area (Å²) >= 11 is 6.87. The van der Waals surface area contributed by atoms with Crippen molar-refractivity contribution >= 4 is 34.9 Å². The van der Waals surface area contributed by atoms with Crippen LogP contribution in [0.15, 0.2) is 12.4 Å². The predicted molar refractivity (Wildman–Crippen MR) is 68.9 cm³/mol. The van der Waals surface area contributed by atoms with Gasteiger partial charge in [-0.1, -0.05) is 29.4 Å². The highest BCUT2D eigenvalue weighted by atomic mass is 35.5. The molecule has 0 bridgehead atoms. The van der Waals surface area contributed by atoms with Crippen LogP contribution in [0.2, 0.25) is 5.15 Å². The summed E-state index contributed by atoms with van der Waals surface area (Å²) in [5.74, 6) is -0.0733. The number of rotatable bonds is 4. The van der Waals surface area contributed by atoms with E-state index >= 15 is 0 Å². The Balaban J connectivity index is 2.17. The van der Waals surface area contributed by atoms with Gasteiger partial charge in [0.25, 0.3) is 5.91 Å². The van der Waals surface area contributed by atoms with E-state index in [0.717, 1.165) is 18.0 Å². The van der Waals surface area contributed by atoms with Gasteiger partial charge >= 0.3 is 0 Å². The molecule has 0 aromatic carbocycles. The van der Waals surface area contributed by atoms with Gasteiger partial charge in [0.2, 0.25) is 0 Å². The van der Waals surface area contributed by atoms with Crippen LogP contribution in [0.3, 0.4) is 0 Å². The van der Waals surface area contributed by atoms with Gasteiger partial charge in [-0.15, -0.1) is 5.10 Å². The summed E-state index contributed by atoms with van der Waals surface area (Å²) in [6.45, 7) is 2.01. The van der Waals surface area contributed by atoms with Crippen LogP contribution in [0.5, 0.6) is 0 Å². The summed E-state index contributed by atoms with van der Waals surface area (Å²) in [4.78, 5) is 20.3. The number of aryl methyl sites for hydroxylation is 1. The second kappa shape index (κ2) is 5.83. The van der Waals surface area contributed by atoms with Gasteiger partial charge in [-0.2, -0.15) is 0 Å². The third-order valence-corrected chi connectivity index (χ3v) is 3.18. The van der Waals surface area contributed by atoms with Crippen molar-refractivity contribution in [3.05, 3.63) is 28.1 Å². The number of nitrogens with one attached hydrogen (secondary N) is 1. The molecule has 2 aromatic heterocycles. The van der Waals surface area contributed by atoms with E-state index < -0.39 is 0 Å². The van der Waals surface area contributed by atoms with Crippen molar-refractivity contribution in [3.63, 3.8) is 0 Å². The van der Waals surface area contributed by atoms with Gasteiger partial charge in [0.1, 0.15) is 4.88 Å². The van der Waals surface area contributed by atoms with E-state index in [4.69, 9.17) is 11.6 Å². The molecule has 8 heteroatoms. The number of carbonyl (C=O) groups excluding carboxylic acids is 1. The smallest absolute Gasteiger partial charge is 0.270 e. The van der Waals surface area contributed by atoms with Gasteiger partial charge < -0.3 is 5.32 Å². The number of carbonyl (C=O) groups is 1. The second-order valence-electron chi connectivity index (χ2n) is 3.45. The third kappa shape index (κ3) is 2.80. The van der Waals surface area contributed by atoms with Crippen molar-refractivity contribution in [3.8, 4) is 0 Å². The van der Waals surface area contributed by atoms with Crippen LogP contribution in [0.1, 0.15) is 28.7 Å². The van der Waals surface area contributed by atoms with Gasteiger partial charge in [0, 0.05) is 12.4 Å². The van der Waals surface area contributed by atoms with Crippen molar-refractivity contribution in [2.24, 2.45) is 0 Å². The lowest BCUT2D eigenvalue weighted by Gasteiger charge is -2.03. The largest absolute Gasteiger partial charge is 0.303 e. The van der Waals surface area contributed by atoms with Crippen molar-refractivity contribution in [1.82, 2.24) is 19.6 Å². The van der Waals surface area contributed by atoms with Crippen LogP contribution in [0, 0.1) is 0 Å². The Kier molecular flexibility index (Phi) is 4.16. The number of nitrogens with zero attached hydrogens (tertiary/aromatic N) is 4. The number of hydrogen-bond donors (Lipinski definition) is 1. The fourth-order valence-electron chi connectivity index (χ4n) is 1.35. The maximum absolute atomic E-state index is 12.0. The molecule has 2 heterocycles. The van der Waals surface area contributed by atoms with Crippen molar-refractivity contribution < 1.29 is 4.79 Å². The molecule has 1 amide bonds. The fourth-order valence-corrected chi connectivity index (χ4v) is 2.11. The van der Waals surface area contributed by atoms with Crippen LogP contribution in [0.25, 0.3) is 0 Å². The number of aromatic nitrogens is 4. The van der Waals surface area contributed by atoms with Gasteiger partial charge in [-0.3, -0.25) is 4.79 Å². The topological polar surface area (TPSA) is 80.7 Å². The molecule has 0 radical (unpaired) electrons. The zero-order valence-electron chi connectivity index (χ0n) is 9.55. The number of halogens is 1. The van der Waals surface area contributed by atoms with Crippen LogP contribution >= 0.6 is 23.1 Å². The molecule has 0 fully saturated rings. The molecular weight excluding hydrogens is 274 g/mol. The summed E-state index contributed by atoms with van der Waals surface area (Å²) in [6.07, 6.45) is 4.53. The van der Waals surface area contributed by atoms with E-state index in [2.05, 4.69) is 24.9 Å². The molecule has 0 saturated heterocycles. The Morgan fingerprint density at radius 1 is 1.44 bits per heavy atom. The highest BCUT2D eigenvalue weighted by Gasteiger charge is 2.17. The molecule has 0 aliphatic carbocycles. The first-order chi connectivity index (χ1) is 8.72. The number of hydrogen-bond acceptors (Lipinski definition) is 6. The van der Waals surface area contributed by atoms with E-state index in [0.29, 0.717) is 17.0 Å². The standard InChI is InChI=1S/C10H10ClN5OS/c1-2-3-6-7(18-16-15-6)10(17)14-9-8(11)12-4-5-13-9/h4-5H,2-3H2,1H3,(H,13,14,17). The zero-order chi connectivity index (χ0) is 13.0. The average molecular weight is 284 g/mol. The lowest BCUT2D eigenvalue weighted by atomic mass is 10.2. The molecule has 18 heavy (non-hydrogen) atoms. The SMILES string of the molecule is CCCc1nnsc1C(=O)Nc1nccnc1Cl. The Hall–Kier alpha value is -1.60. The minimum absolute atomic E-state index is 0.153. The van der Waals surface area contributed by atoms with Crippen molar-refractivity contribution in [1.29, 1.82) is 0 Å². The van der Waals surface area contributed by atoms with E-state index in [9.17, 15) is 4.79 Å². The van der Waals surface area contributed by atoms with Gasteiger partial charge in [-0.05, 0) is 18.0 Å². The minimum Gasteiger partial charge on any atom is -0.303 e. The Labute approximate surface area is 113 Å². The lowest BCUT2D eigenvalue weighted by molar-refractivity contribution is 0.102. The van der Waals surface area contributed by atoms with Gasteiger partial charge in [-0.25, -0.2) is 9.97 Å². The molecule has 94 valence electrons. The summed E-state index contributed by atoms with van der Waals surface area (Å²) < 4.78 is 3.79. The number of amides is 1. The normalized spacial score (nSPS) is 10.3. The molecular formula is C10H10ClN5OS. The molecule has 0 saturated carbocycles. The van der Waals surface area contributed by atoms with Crippen molar-refractivity contribution in [2.75, 3.05) is 5.32 Å². The quantitative estimate of drug-likeness (QED) is 0.930. The molecule has 0 aliphatic rings. The van der Waals surface area contributed by atoms with E-state index in [1.165, 1.54) is 12.4 Å². The third-order valence-electron chi connectivity index (χ3n) is 2.13. The first-order valence-electron chi connectivity index (χ1n) is 5.31.